The van der Waals surface area contributed by atoms with Crippen LogP contribution in [0.25, 0.3) is 0 Å². The molecule has 3 heteroatoms. The van der Waals surface area contributed by atoms with Gasteiger partial charge < -0.3 is 10.4 Å². The predicted molar refractivity (Wildman–Crippen MR) is 37.8 cm³/mol. The maximum Gasteiger partial charge on any atom is 0.320 e. The zero-order valence-electron chi connectivity index (χ0n) is 6.13. The van der Waals surface area contributed by atoms with Gasteiger partial charge in [0.05, 0.1) is 0 Å². The second-order valence-corrected chi connectivity index (χ2v) is 2.86. The summed E-state index contributed by atoms with van der Waals surface area (Å²) < 4.78 is 0. The Bertz CT molecular complexity index is 132. The molecule has 0 saturated heterocycles. The van der Waals surface area contributed by atoms with E-state index in [1.54, 1.807) is 7.05 Å². The lowest BCUT2D eigenvalue weighted by molar-refractivity contribution is -0.139. The first kappa shape index (κ1) is 7.54. The molecule has 10 heavy (non-hydrogen) atoms. The fourth-order valence-electron chi connectivity index (χ4n) is 1.03. The molecule has 0 aromatic heterocycles. The third-order valence-electron chi connectivity index (χ3n) is 1.91. The number of carbonyl (C=O) groups is 1. The van der Waals surface area contributed by atoms with Crippen molar-refractivity contribution in [1.82, 2.24) is 5.32 Å². The summed E-state index contributed by atoms with van der Waals surface area (Å²) in [5.41, 5.74) is 0. The number of nitrogens with one attached hydrogen (secondary N) is 1. The van der Waals surface area contributed by atoms with Crippen LogP contribution in [0.4, 0.5) is 0 Å². The second-order valence-electron chi connectivity index (χ2n) is 2.86. The number of carboxylic acid groups (broad SMARTS) is 1. The summed E-state index contributed by atoms with van der Waals surface area (Å²) in [4.78, 5) is 10.4. The molecule has 1 rings (SSSR count). The van der Waals surface area contributed by atoms with Crippen molar-refractivity contribution in [2.45, 2.75) is 25.3 Å². The molecule has 2 N–H and O–H groups in total. The minimum Gasteiger partial charge on any atom is -0.480 e. The minimum atomic E-state index is -0.727. The van der Waals surface area contributed by atoms with Gasteiger partial charge in [-0.3, -0.25) is 4.79 Å². The standard InChI is InChI=1S/C7H13NO2/c1-8-6(7(9)10)4-5-2-3-5/h5-6,8H,2-4H2,1H3,(H,9,10)/t6-/m1/s1. The van der Waals surface area contributed by atoms with Crippen LogP contribution >= 0.6 is 0 Å². The molecule has 0 bridgehead atoms. The van der Waals surface area contributed by atoms with Crippen molar-refractivity contribution in [3.8, 4) is 0 Å². The zero-order chi connectivity index (χ0) is 7.56. The first-order chi connectivity index (χ1) is 4.74. The van der Waals surface area contributed by atoms with Gasteiger partial charge >= 0.3 is 5.97 Å². The van der Waals surface area contributed by atoms with Gasteiger partial charge in [-0.2, -0.15) is 0 Å². The molecule has 0 aliphatic heterocycles. The average Bonchev–Trinajstić information content (AvgIpc) is 2.64. The number of rotatable bonds is 4. The molecule has 1 atom stereocenters. The topological polar surface area (TPSA) is 49.3 Å². The van der Waals surface area contributed by atoms with Gasteiger partial charge in [-0.25, -0.2) is 0 Å². The van der Waals surface area contributed by atoms with Gasteiger partial charge in [0.1, 0.15) is 6.04 Å². The Morgan fingerprint density at radius 3 is 2.70 bits per heavy atom. The highest BCUT2D eigenvalue weighted by Gasteiger charge is 2.27. The highest BCUT2D eigenvalue weighted by Crippen LogP contribution is 2.33. The first-order valence-electron chi connectivity index (χ1n) is 3.64. The lowest BCUT2D eigenvalue weighted by Crippen LogP contribution is -2.34. The molecular formula is C7H13NO2. The van der Waals surface area contributed by atoms with E-state index in [-0.39, 0.29) is 6.04 Å². The van der Waals surface area contributed by atoms with Gasteiger partial charge in [0, 0.05) is 0 Å². The van der Waals surface area contributed by atoms with Crippen molar-refractivity contribution >= 4 is 5.97 Å². The second kappa shape index (κ2) is 3.01. The molecule has 1 aliphatic rings. The Labute approximate surface area is 60.4 Å². The normalized spacial score (nSPS) is 20.5. The van der Waals surface area contributed by atoms with Crippen molar-refractivity contribution in [2.24, 2.45) is 5.92 Å². The first-order valence-corrected chi connectivity index (χ1v) is 3.64. The largest absolute Gasteiger partial charge is 0.480 e. The van der Waals surface area contributed by atoms with Crippen molar-refractivity contribution in [3.63, 3.8) is 0 Å². The van der Waals surface area contributed by atoms with Crippen molar-refractivity contribution in [1.29, 1.82) is 0 Å². The van der Waals surface area contributed by atoms with Gasteiger partial charge in [-0.15, -0.1) is 0 Å². The monoisotopic (exact) mass is 143 g/mol. The number of hydrogen-bond donors (Lipinski definition) is 2. The van der Waals surface area contributed by atoms with E-state index < -0.39 is 5.97 Å². The summed E-state index contributed by atoms with van der Waals surface area (Å²) >= 11 is 0. The molecule has 1 fully saturated rings. The van der Waals surface area contributed by atoms with Crippen LogP contribution in [0, 0.1) is 5.92 Å². The molecule has 0 radical (unpaired) electrons. The van der Waals surface area contributed by atoms with Crippen LogP contribution in [0.15, 0.2) is 0 Å². The summed E-state index contributed by atoms with van der Waals surface area (Å²) in [6.45, 7) is 0. The highest BCUT2D eigenvalue weighted by atomic mass is 16.4. The maximum atomic E-state index is 10.4. The third-order valence-corrected chi connectivity index (χ3v) is 1.91. The molecule has 3 nitrogen and oxygen atoms in total. The van der Waals surface area contributed by atoms with Crippen LogP contribution in [0.2, 0.25) is 0 Å². The smallest absolute Gasteiger partial charge is 0.320 e. The Morgan fingerprint density at radius 2 is 2.40 bits per heavy atom. The SMILES string of the molecule is CN[C@H](CC1CC1)C(=O)O. The molecule has 0 heterocycles. The molecule has 1 aliphatic carbocycles. The Kier molecular flexibility index (Phi) is 2.27. The predicted octanol–water partition coefficient (Wildman–Crippen LogP) is 0.459. The van der Waals surface area contributed by atoms with E-state index in [1.165, 1.54) is 12.8 Å². The summed E-state index contributed by atoms with van der Waals surface area (Å²) in [5.74, 6) is -0.0528. The Morgan fingerprint density at radius 1 is 1.80 bits per heavy atom. The molecule has 0 aromatic carbocycles. The highest BCUT2D eigenvalue weighted by molar-refractivity contribution is 5.73. The fourth-order valence-corrected chi connectivity index (χ4v) is 1.03. The molecule has 1 saturated carbocycles. The number of aliphatic carboxylic acids is 1. The van der Waals surface area contributed by atoms with Crippen molar-refractivity contribution < 1.29 is 9.90 Å². The average molecular weight is 143 g/mol. The Balaban J connectivity index is 2.24. The zero-order valence-corrected chi connectivity index (χ0v) is 6.13. The number of hydrogen-bond acceptors (Lipinski definition) is 2. The third kappa shape index (κ3) is 1.99. The van der Waals surface area contributed by atoms with Gasteiger partial charge in [-0.1, -0.05) is 12.8 Å². The minimum absolute atomic E-state index is 0.326. The van der Waals surface area contributed by atoms with E-state index in [1.807, 2.05) is 0 Å². The lowest BCUT2D eigenvalue weighted by atomic mass is 10.1. The summed E-state index contributed by atoms with van der Waals surface area (Å²) in [6, 6.07) is -0.326. The van der Waals surface area contributed by atoms with Crippen molar-refractivity contribution in [2.75, 3.05) is 7.05 Å². The van der Waals surface area contributed by atoms with E-state index >= 15 is 0 Å². The van der Waals surface area contributed by atoms with E-state index in [4.69, 9.17) is 5.11 Å². The molecule has 0 spiro atoms. The van der Waals surface area contributed by atoms with Crippen LogP contribution in [0.1, 0.15) is 19.3 Å². The molecular weight excluding hydrogens is 130 g/mol. The quantitative estimate of drug-likeness (QED) is 0.601. The summed E-state index contributed by atoms with van der Waals surface area (Å²) in [6.07, 6.45) is 3.22. The summed E-state index contributed by atoms with van der Waals surface area (Å²) in [7, 11) is 1.70. The van der Waals surface area contributed by atoms with Crippen LogP contribution in [-0.2, 0) is 4.79 Å². The van der Waals surface area contributed by atoms with Gasteiger partial charge in [0.25, 0.3) is 0 Å². The molecule has 58 valence electrons. The van der Waals surface area contributed by atoms with E-state index in [2.05, 4.69) is 5.32 Å². The fraction of sp³-hybridized carbons (Fsp3) is 0.857. The van der Waals surface area contributed by atoms with Gasteiger partial charge in [0.15, 0.2) is 0 Å². The van der Waals surface area contributed by atoms with E-state index in [0.29, 0.717) is 5.92 Å². The van der Waals surface area contributed by atoms with E-state index in [9.17, 15) is 4.79 Å². The van der Waals surface area contributed by atoms with Crippen LogP contribution in [-0.4, -0.2) is 24.2 Å². The van der Waals surface area contributed by atoms with Crippen LogP contribution < -0.4 is 5.32 Å². The number of likely N-dealkylation sites (N-methyl/N-ethyl adjacent to an activating group) is 1. The van der Waals surface area contributed by atoms with Gasteiger partial charge in [0.2, 0.25) is 0 Å². The van der Waals surface area contributed by atoms with Crippen LogP contribution in [0.5, 0.6) is 0 Å². The van der Waals surface area contributed by atoms with Crippen molar-refractivity contribution in [3.05, 3.63) is 0 Å². The molecule has 0 aromatic rings. The summed E-state index contributed by atoms with van der Waals surface area (Å²) in [5, 5.41) is 11.4. The Hall–Kier alpha value is -0.570. The number of carboxylic acids is 1. The van der Waals surface area contributed by atoms with Gasteiger partial charge in [-0.05, 0) is 19.4 Å². The van der Waals surface area contributed by atoms with Crippen LogP contribution in [0.3, 0.4) is 0 Å². The molecule has 0 amide bonds. The van der Waals surface area contributed by atoms with E-state index in [0.717, 1.165) is 6.42 Å². The maximum absolute atomic E-state index is 10.4. The lowest BCUT2D eigenvalue weighted by Gasteiger charge is -2.08. The molecule has 0 unspecified atom stereocenters.